The lowest BCUT2D eigenvalue weighted by atomic mass is 9.81. The third-order valence-electron chi connectivity index (χ3n) is 5.39. The third-order valence-corrected chi connectivity index (χ3v) is 5.64. The molecule has 5 rings (SSSR count). The standard InChI is InChI=1S/C23H18ClN3O2/c24-16-8-5-15(6-9-16)19-20-17-4-2-1-3-14(17)7-10-18(20)29-23-21(19)22(25)27(11-12-28)13-26-23/h1-10,13,19,25,28H,11-12H2/p+1/t19-/m0/s1. The smallest absolute Gasteiger partial charge is 0.306 e. The van der Waals surface area contributed by atoms with Crippen LogP contribution in [-0.2, 0) is 6.54 Å². The highest BCUT2D eigenvalue weighted by Gasteiger charge is 2.37. The summed E-state index contributed by atoms with van der Waals surface area (Å²) in [6.07, 6.45) is 1.61. The van der Waals surface area contributed by atoms with Gasteiger partial charge in [-0.2, -0.15) is 0 Å². The number of hydrogen-bond acceptors (Lipinski definition) is 4. The second-order valence-corrected chi connectivity index (χ2v) is 7.49. The first kappa shape index (κ1) is 17.9. The van der Waals surface area contributed by atoms with Crippen LogP contribution in [0.25, 0.3) is 10.8 Å². The van der Waals surface area contributed by atoms with Gasteiger partial charge in [0.25, 0.3) is 0 Å². The molecular formula is C23H19ClN3O2+. The van der Waals surface area contributed by atoms with Gasteiger partial charge in [0.15, 0.2) is 0 Å². The van der Waals surface area contributed by atoms with Gasteiger partial charge in [0, 0.05) is 10.6 Å². The first-order valence-corrected chi connectivity index (χ1v) is 9.79. The minimum Gasteiger partial charge on any atom is -0.426 e. The number of nitrogen functional groups attached to an aromatic ring is 1. The summed E-state index contributed by atoms with van der Waals surface area (Å²) in [5.41, 5.74) is 9.45. The molecule has 0 saturated heterocycles. The average molecular weight is 405 g/mol. The van der Waals surface area contributed by atoms with E-state index in [1.165, 1.54) is 0 Å². The second-order valence-electron chi connectivity index (χ2n) is 7.05. The van der Waals surface area contributed by atoms with Crippen LogP contribution in [0.4, 0.5) is 5.82 Å². The molecule has 5 nitrogen and oxygen atoms in total. The summed E-state index contributed by atoms with van der Waals surface area (Å²) >= 11 is 6.15. The highest BCUT2D eigenvalue weighted by atomic mass is 35.5. The molecule has 6 heteroatoms. The normalized spacial score (nSPS) is 14.9. The minimum absolute atomic E-state index is 0.0265. The Morgan fingerprint density at radius 3 is 2.62 bits per heavy atom. The number of ether oxygens (including phenoxy) is 1. The van der Waals surface area contributed by atoms with Crippen molar-refractivity contribution in [2.45, 2.75) is 12.5 Å². The van der Waals surface area contributed by atoms with Crippen LogP contribution in [0.1, 0.15) is 22.6 Å². The fraction of sp³-hybridized carbons (Fsp3) is 0.130. The number of fused-ring (bicyclic) bond motifs is 4. The highest BCUT2D eigenvalue weighted by molar-refractivity contribution is 6.30. The van der Waals surface area contributed by atoms with Crippen molar-refractivity contribution >= 4 is 28.2 Å². The zero-order chi connectivity index (χ0) is 20.0. The van der Waals surface area contributed by atoms with Crippen LogP contribution in [-0.4, -0.2) is 16.7 Å². The van der Waals surface area contributed by atoms with E-state index in [-0.39, 0.29) is 12.5 Å². The number of benzene rings is 3. The zero-order valence-corrected chi connectivity index (χ0v) is 16.3. The molecule has 144 valence electrons. The van der Waals surface area contributed by atoms with Crippen LogP contribution >= 0.6 is 11.6 Å². The van der Waals surface area contributed by atoms with Crippen LogP contribution in [0.2, 0.25) is 5.02 Å². The van der Waals surface area contributed by atoms with Gasteiger partial charge in [-0.3, -0.25) is 0 Å². The second kappa shape index (κ2) is 7.03. The summed E-state index contributed by atoms with van der Waals surface area (Å²) in [7, 11) is 0. The van der Waals surface area contributed by atoms with Crippen molar-refractivity contribution in [3.8, 4) is 11.6 Å². The van der Waals surface area contributed by atoms with Gasteiger partial charge in [0.2, 0.25) is 12.1 Å². The van der Waals surface area contributed by atoms with Gasteiger partial charge in [-0.25, -0.2) is 4.57 Å². The number of halogens is 1. The maximum Gasteiger partial charge on any atom is 0.306 e. The summed E-state index contributed by atoms with van der Waals surface area (Å²) in [6, 6.07) is 20.0. The summed E-state index contributed by atoms with van der Waals surface area (Å²) in [4.78, 5) is 4.49. The van der Waals surface area contributed by atoms with Crippen molar-refractivity contribution in [1.82, 2.24) is 4.98 Å². The minimum atomic E-state index is -0.171. The Hall–Kier alpha value is -3.15. The summed E-state index contributed by atoms with van der Waals surface area (Å²) in [5, 5.41) is 12.3. The number of hydrogen-bond donors (Lipinski definition) is 2. The van der Waals surface area contributed by atoms with E-state index < -0.39 is 0 Å². The van der Waals surface area contributed by atoms with Crippen molar-refractivity contribution in [3.05, 3.63) is 88.7 Å². The fourth-order valence-electron chi connectivity index (χ4n) is 4.06. The quantitative estimate of drug-likeness (QED) is 0.445. The van der Waals surface area contributed by atoms with E-state index in [1.807, 2.05) is 42.5 Å². The van der Waals surface area contributed by atoms with E-state index in [9.17, 15) is 5.11 Å². The zero-order valence-electron chi connectivity index (χ0n) is 15.5. The van der Waals surface area contributed by atoms with Crippen LogP contribution < -0.4 is 15.0 Å². The molecule has 2 heterocycles. The topological polar surface area (TPSA) is 72.2 Å². The molecule has 0 fully saturated rings. The van der Waals surface area contributed by atoms with Gasteiger partial charge in [0.1, 0.15) is 11.3 Å². The maximum atomic E-state index is 9.41. The lowest BCUT2D eigenvalue weighted by molar-refractivity contribution is -0.687. The predicted molar refractivity (Wildman–Crippen MR) is 112 cm³/mol. The summed E-state index contributed by atoms with van der Waals surface area (Å²) in [5.74, 6) is 1.61. The number of nitrogens with zero attached hydrogens (tertiary/aromatic N) is 2. The molecule has 0 saturated carbocycles. The molecule has 3 aromatic carbocycles. The lowest BCUT2D eigenvalue weighted by Crippen LogP contribution is -2.41. The average Bonchev–Trinajstić information content (AvgIpc) is 2.75. The lowest BCUT2D eigenvalue weighted by Gasteiger charge is -2.28. The molecule has 1 atom stereocenters. The van der Waals surface area contributed by atoms with Gasteiger partial charge in [-0.05, 0) is 34.5 Å². The number of aliphatic hydroxyl groups excluding tert-OH is 1. The van der Waals surface area contributed by atoms with E-state index >= 15 is 0 Å². The number of rotatable bonds is 3. The SMILES string of the molecule is Nc1c2c(nc[n+]1CCO)Oc1ccc3ccccc3c1[C@@H]2c1ccc(Cl)cc1. The molecule has 4 aromatic rings. The first-order valence-electron chi connectivity index (χ1n) is 9.41. The third kappa shape index (κ3) is 2.90. The van der Waals surface area contributed by atoms with Gasteiger partial charge in [-0.15, -0.1) is 0 Å². The van der Waals surface area contributed by atoms with Gasteiger partial charge >= 0.3 is 5.88 Å². The van der Waals surface area contributed by atoms with Crippen molar-refractivity contribution in [3.63, 3.8) is 0 Å². The van der Waals surface area contributed by atoms with E-state index in [0.29, 0.717) is 23.3 Å². The maximum absolute atomic E-state index is 9.41. The number of anilines is 1. The van der Waals surface area contributed by atoms with Crippen LogP contribution in [0.3, 0.4) is 0 Å². The molecule has 29 heavy (non-hydrogen) atoms. The summed E-state index contributed by atoms with van der Waals surface area (Å²) in [6.45, 7) is 0.336. The molecule has 0 unspecified atom stereocenters. The van der Waals surface area contributed by atoms with E-state index in [4.69, 9.17) is 22.1 Å². The molecule has 0 amide bonds. The molecule has 0 spiro atoms. The summed E-state index contributed by atoms with van der Waals surface area (Å²) < 4.78 is 7.93. The Kier molecular flexibility index (Phi) is 4.34. The fourth-order valence-corrected chi connectivity index (χ4v) is 4.18. The molecule has 1 aromatic heterocycles. The first-order chi connectivity index (χ1) is 14.2. The van der Waals surface area contributed by atoms with Gasteiger partial charge in [0.05, 0.1) is 19.1 Å². The van der Waals surface area contributed by atoms with Crippen molar-refractivity contribution in [2.75, 3.05) is 12.3 Å². The monoisotopic (exact) mass is 404 g/mol. The van der Waals surface area contributed by atoms with E-state index in [1.54, 1.807) is 10.9 Å². The Morgan fingerprint density at radius 2 is 1.83 bits per heavy atom. The Labute approximate surface area is 173 Å². The number of nitrogens with two attached hydrogens (primary N) is 1. The molecular weight excluding hydrogens is 386 g/mol. The van der Waals surface area contributed by atoms with E-state index in [2.05, 4.69) is 23.2 Å². The molecule has 1 aliphatic heterocycles. The van der Waals surface area contributed by atoms with Crippen LogP contribution in [0.15, 0.2) is 67.0 Å². The molecule has 3 N–H and O–H groups in total. The molecule has 0 radical (unpaired) electrons. The highest BCUT2D eigenvalue weighted by Crippen LogP contribution is 2.50. The Morgan fingerprint density at radius 1 is 1.03 bits per heavy atom. The molecule has 0 aliphatic carbocycles. The largest absolute Gasteiger partial charge is 0.426 e. The van der Waals surface area contributed by atoms with Crippen molar-refractivity contribution < 1.29 is 14.4 Å². The van der Waals surface area contributed by atoms with Gasteiger partial charge < -0.3 is 15.6 Å². The molecule has 0 bridgehead atoms. The van der Waals surface area contributed by atoms with E-state index in [0.717, 1.165) is 33.2 Å². The van der Waals surface area contributed by atoms with Crippen LogP contribution in [0.5, 0.6) is 11.6 Å². The van der Waals surface area contributed by atoms with Crippen molar-refractivity contribution in [1.29, 1.82) is 0 Å². The van der Waals surface area contributed by atoms with Crippen LogP contribution in [0, 0.1) is 0 Å². The number of aliphatic hydroxyl groups is 1. The Balaban J connectivity index is 1.84. The Bertz CT molecular complexity index is 1220. The number of aromatic nitrogens is 2. The predicted octanol–water partition coefficient (Wildman–Crippen LogP) is 4.04. The van der Waals surface area contributed by atoms with Gasteiger partial charge in [-0.1, -0.05) is 59.0 Å². The van der Waals surface area contributed by atoms with Crippen molar-refractivity contribution in [2.24, 2.45) is 0 Å². The molecule has 1 aliphatic rings.